The van der Waals surface area contributed by atoms with E-state index in [2.05, 4.69) is 5.32 Å². The summed E-state index contributed by atoms with van der Waals surface area (Å²) in [6, 6.07) is 3.22. The molecule has 0 radical (unpaired) electrons. The summed E-state index contributed by atoms with van der Waals surface area (Å²) in [4.78, 5) is 11.7. The average molecular weight is 297 g/mol. The first-order valence-corrected chi connectivity index (χ1v) is 7.45. The van der Waals surface area contributed by atoms with E-state index in [1.54, 1.807) is 0 Å². The lowest BCUT2D eigenvalue weighted by molar-refractivity contribution is -0.121. The minimum atomic E-state index is -0.512. The second kappa shape index (κ2) is 7.50. The van der Waals surface area contributed by atoms with Crippen molar-refractivity contribution in [1.82, 2.24) is 5.32 Å². The standard InChI is InChI=1S/C16H21F2NO2/c17-13-6-7-14(18)12(9-13)5-8-16(21)19-10-15(20)11-3-1-2-4-11/h6-7,9,11,15,20H,1-5,8,10H2,(H,19,21). The fourth-order valence-corrected chi connectivity index (χ4v) is 2.80. The van der Waals surface area contributed by atoms with Gasteiger partial charge in [0.1, 0.15) is 11.6 Å². The van der Waals surface area contributed by atoms with E-state index in [4.69, 9.17) is 0 Å². The zero-order valence-electron chi connectivity index (χ0n) is 11.9. The number of halogens is 2. The molecule has 1 aliphatic rings. The van der Waals surface area contributed by atoms with Gasteiger partial charge in [-0.3, -0.25) is 4.79 Å². The summed E-state index contributed by atoms with van der Waals surface area (Å²) < 4.78 is 26.4. The summed E-state index contributed by atoms with van der Waals surface area (Å²) in [5.41, 5.74) is 0.196. The normalized spacial score (nSPS) is 16.9. The zero-order chi connectivity index (χ0) is 15.2. The largest absolute Gasteiger partial charge is 0.391 e. The van der Waals surface area contributed by atoms with Crippen LogP contribution in [0.5, 0.6) is 0 Å². The third-order valence-corrected chi connectivity index (χ3v) is 4.08. The Kier molecular flexibility index (Phi) is 5.67. The van der Waals surface area contributed by atoms with Crippen LogP contribution >= 0.6 is 0 Å². The summed E-state index contributed by atoms with van der Waals surface area (Å²) in [5.74, 6) is -1.000. The first kappa shape index (κ1) is 15.9. The second-order valence-electron chi connectivity index (χ2n) is 5.65. The first-order valence-electron chi connectivity index (χ1n) is 7.45. The van der Waals surface area contributed by atoms with Crippen molar-refractivity contribution in [2.24, 2.45) is 5.92 Å². The lowest BCUT2D eigenvalue weighted by Gasteiger charge is -2.18. The maximum absolute atomic E-state index is 13.4. The summed E-state index contributed by atoms with van der Waals surface area (Å²) in [5, 5.41) is 12.6. The minimum absolute atomic E-state index is 0.0811. The second-order valence-corrected chi connectivity index (χ2v) is 5.65. The van der Waals surface area contributed by atoms with Crippen molar-refractivity contribution in [2.75, 3.05) is 6.54 Å². The number of aryl methyl sites for hydroxylation is 1. The fraction of sp³-hybridized carbons (Fsp3) is 0.562. The highest BCUT2D eigenvalue weighted by molar-refractivity contribution is 5.76. The van der Waals surface area contributed by atoms with Gasteiger partial charge in [-0.2, -0.15) is 0 Å². The van der Waals surface area contributed by atoms with Crippen molar-refractivity contribution >= 4 is 5.91 Å². The van der Waals surface area contributed by atoms with Crippen LogP contribution in [0.3, 0.4) is 0 Å². The number of benzene rings is 1. The van der Waals surface area contributed by atoms with E-state index in [-0.39, 0.29) is 36.8 Å². The summed E-state index contributed by atoms with van der Waals surface area (Å²) >= 11 is 0. The number of rotatable bonds is 6. The van der Waals surface area contributed by atoms with Crippen LogP contribution in [0.25, 0.3) is 0 Å². The van der Waals surface area contributed by atoms with Gasteiger partial charge in [0.25, 0.3) is 0 Å². The number of aliphatic hydroxyl groups excluding tert-OH is 1. The molecule has 21 heavy (non-hydrogen) atoms. The molecule has 0 heterocycles. The molecule has 1 fully saturated rings. The molecule has 0 aromatic heterocycles. The van der Waals surface area contributed by atoms with Crippen LogP contribution < -0.4 is 5.32 Å². The van der Waals surface area contributed by atoms with Crippen LogP contribution in [0.15, 0.2) is 18.2 Å². The number of hydrogen-bond acceptors (Lipinski definition) is 2. The number of hydrogen-bond donors (Lipinski definition) is 2. The van der Waals surface area contributed by atoms with Crippen molar-refractivity contribution in [1.29, 1.82) is 0 Å². The van der Waals surface area contributed by atoms with Crippen molar-refractivity contribution in [3.63, 3.8) is 0 Å². The monoisotopic (exact) mass is 297 g/mol. The van der Waals surface area contributed by atoms with Gasteiger partial charge >= 0.3 is 0 Å². The van der Waals surface area contributed by atoms with Crippen LogP contribution in [0.2, 0.25) is 0 Å². The SMILES string of the molecule is O=C(CCc1cc(F)ccc1F)NCC(O)C1CCCC1. The van der Waals surface area contributed by atoms with Crippen molar-refractivity contribution in [3.05, 3.63) is 35.4 Å². The molecule has 0 spiro atoms. The molecule has 0 aliphatic heterocycles. The Labute approximate surface area is 123 Å². The molecular weight excluding hydrogens is 276 g/mol. The predicted molar refractivity (Wildman–Crippen MR) is 75.7 cm³/mol. The molecule has 1 aromatic carbocycles. The minimum Gasteiger partial charge on any atom is -0.391 e. The van der Waals surface area contributed by atoms with Crippen LogP contribution in [0.4, 0.5) is 8.78 Å². The number of carbonyl (C=O) groups is 1. The molecule has 5 heteroatoms. The first-order chi connectivity index (χ1) is 10.1. The highest BCUT2D eigenvalue weighted by Crippen LogP contribution is 2.27. The van der Waals surface area contributed by atoms with Crippen molar-refractivity contribution in [3.8, 4) is 0 Å². The molecule has 1 atom stereocenters. The maximum atomic E-state index is 13.4. The third-order valence-electron chi connectivity index (χ3n) is 4.08. The maximum Gasteiger partial charge on any atom is 0.220 e. The number of carbonyl (C=O) groups excluding carboxylic acids is 1. The Morgan fingerprint density at radius 3 is 2.76 bits per heavy atom. The quantitative estimate of drug-likeness (QED) is 0.848. The van der Waals surface area contributed by atoms with E-state index in [1.807, 2.05) is 0 Å². The van der Waals surface area contributed by atoms with Crippen LogP contribution in [0.1, 0.15) is 37.7 Å². The smallest absolute Gasteiger partial charge is 0.220 e. The average Bonchev–Trinajstić information content (AvgIpc) is 3.00. The van der Waals surface area contributed by atoms with Gasteiger partial charge < -0.3 is 10.4 Å². The summed E-state index contributed by atoms with van der Waals surface area (Å²) in [6.45, 7) is 0.231. The lowest BCUT2D eigenvalue weighted by Crippen LogP contribution is -2.35. The molecule has 0 bridgehead atoms. The van der Waals surface area contributed by atoms with Crippen LogP contribution in [-0.2, 0) is 11.2 Å². The number of aliphatic hydroxyl groups is 1. The van der Waals surface area contributed by atoms with E-state index in [1.165, 1.54) is 0 Å². The van der Waals surface area contributed by atoms with Gasteiger partial charge in [0.05, 0.1) is 6.10 Å². The lowest BCUT2D eigenvalue weighted by atomic mass is 10.0. The Bertz CT molecular complexity index is 487. The molecule has 3 nitrogen and oxygen atoms in total. The van der Waals surface area contributed by atoms with E-state index in [0.29, 0.717) is 0 Å². The van der Waals surface area contributed by atoms with Crippen molar-refractivity contribution in [2.45, 2.75) is 44.6 Å². The predicted octanol–water partition coefficient (Wildman–Crippen LogP) is 2.56. The van der Waals surface area contributed by atoms with Crippen LogP contribution in [0, 0.1) is 17.6 Å². The van der Waals surface area contributed by atoms with Gasteiger partial charge in [0.2, 0.25) is 5.91 Å². The Morgan fingerprint density at radius 1 is 1.33 bits per heavy atom. The van der Waals surface area contributed by atoms with Crippen molar-refractivity contribution < 1.29 is 18.7 Å². The topological polar surface area (TPSA) is 49.3 Å². The Hall–Kier alpha value is -1.49. The molecule has 1 aromatic rings. The molecule has 1 aliphatic carbocycles. The van der Waals surface area contributed by atoms with Gasteiger partial charge in [-0.1, -0.05) is 12.8 Å². The van der Waals surface area contributed by atoms with Gasteiger partial charge in [-0.25, -0.2) is 8.78 Å². The van der Waals surface area contributed by atoms with Gasteiger partial charge in [-0.15, -0.1) is 0 Å². The summed E-state index contributed by atoms with van der Waals surface area (Å²) in [7, 11) is 0. The van der Waals surface area contributed by atoms with Gasteiger partial charge in [-0.05, 0) is 48.9 Å². The van der Waals surface area contributed by atoms with E-state index in [0.717, 1.165) is 43.9 Å². The molecule has 2 rings (SSSR count). The van der Waals surface area contributed by atoms with Crippen LogP contribution in [-0.4, -0.2) is 23.7 Å². The molecule has 1 amide bonds. The van der Waals surface area contributed by atoms with E-state index in [9.17, 15) is 18.7 Å². The molecule has 1 saturated carbocycles. The Balaban J connectivity index is 1.73. The van der Waals surface area contributed by atoms with Gasteiger partial charge in [0.15, 0.2) is 0 Å². The highest BCUT2D eigenvalue weighted by Gasteiger charge is 2.23. The molecule has 2 N–H and O–H groups in total. The highest BCUT2D eigenvalue weighted by atomic mass is 19.1. The zero-order valence-corrected chi connectivity index (χ0v) is 11.9. The number of amides is 1. The molecule has 116 valence electrons. The summed E-state index contributed by atoms with van der Waals surface area (Å²) in [6.07, 6.45) is 4.00. The molecular formula is C16H21F2NO2. The fourth-order valence-electron chi connectivity index (χ4n) is 2.80. The third kappa shape index (κ3) is 4.77. The number of nitrogens with one attached hydrogen (secondary N) is 1. The Morgan fingerprint density at radius 2 is 2.05 bits per heavy atom. The van der Waals surface area contributed by atoms with Gasteiger partial charge in [0, 0.05) is 13.0 Å². The van der Waals surface area contributed by atoms with E-state index < -0.39 is 17.7 Å². The van der Waals surface area contributed by atoms with E-state index >= 15 is 0 Å². The molecule has 1 unspecified atom stereocenters. The molecule has 0 saturated heterocycles.